The summed E-state index contributed by atoms with van der Waals surface area (Å²) in [5.41, 5.74) is 9.35. The molecular formula is C16H17ClFN. The average Bonchev–Trinajstić information content (AvgIpc) is 2.43. The molecule has 0 aliphatic rings. The highest BCUT2D eigenvalue weighted by Gasteiger charge is 2.09. The minimum absolute atomic E-state index is 0.133. The summed E-state index contributed by atoms with van der Waals surface area (Å²) in [6.45, 7) is 2.12. The molecule has 2 N–H and O–H groups in total. The summed E-state index contributed by atoms with van der Waals surface area (Å²) in [6.07, 6.45) is 1.61. The molecule has 2 aromatic rings. The Morgan fingerprint density at radius 3 is 2.32 bits per heavy atom. The Balaban J connectivity index is 2.10. The van der Waals surface area contributed by atoms with Crippen molar-refractivity contribution in [3.8, 4) is 0 Å². The molecule has 0 saturated carbocycles. The molecular weight excluding hydrogens is 261 g/mol. The Kier molecular flexibility index (Phi) is 4.56. The van der Waals surface area contributed by atoms with Crippen LogP contribution in [0.25, 0.3) is 0 Å². The molecule has 0 saturated heterocycles. The first-order chi connectivity index (χ1) is 9.10. The van der Waals surface area contributed by atoms with Crippen LogP contribution in [0.1, 0.15) is 29.7 Å². The summed E-state index contributed by atoms with van der Waals surface area (Å²) >= 11 is 5.66. The third kappa shape index (κ3) is 3.55. The van der Waals surface area contributed by atoms with Crippen LogP contribution in [0.2, 0.25) is 5.02 Å². The van der Waals surface area contributed by atoms with Crippen molar-refractivity contribution in [2.24, 2.45) is 5.73 Å². The zero-order chi connectivity index (χ0) is 13.8. The van der Waals surface area contributed by atoms with Crippen molar-refractivity contribution in [3.05, 3.63) is 70.0 Å². The lowest BCUT2D eigenvalue weighted by Gasteiger charge is -2.13. The van der Waals surface area contributed by atoms with E-state index in [1.807, 2.05) is 18.2 Å². The third-order valence-corrected chi connectivity index (χ3v) is 3.56. The fraction of sp³-hybridized carbons (Fsp3) is 0.250. The number of rotatable bonds is 4. The van der Waals surface area contributed by atoms with E-state index >= 15 is 0 Å². The summed E-state index contributed by atoms with van der Waals surface area (Å²) in [4.78, 5) is 0. The molecule has 100 valence electrons. The van der Waals surface area contributed by atoms with Gasteiger partial charge in [-0.2, -0.15) is 0 Å². The van der Waals surface area contributed by atoms with Crippen LogP contribution in [0.15, 0.2) is 42.5 Å². The van der Waals surface area contributed by atoms with E-state index in [1.54, 1.807) is 6.07 Å². The molecule has 3 heteroatoms. The van der Waals surface area contributed by atoms with Crippen molar-refractivity contribution in [2.45, 2.75) is 25.8 Å². The predicted octanol–water partition coefficient (Wildman–Crippen LogP) is 4.28. The standard InChI is InChI=1S/C16H17ClFN/c1-2-11-3-6-13(7-4-11)16(19)10-12-5-8-14(17)15(18)9-12/h3-9,16H,2,10,19H2,1H3. The van der Waals surface area contributed by atoms with E-state index in [0.717, 1.165) is 17.5 Å². The molecule has 19 heavy (non-hydrogen) atoms. The first kappa shape index (κ1) is 14.0. The first-order valence-electron chi connectivity index (χ1n) is 6.38. The fourth-order valence-corrected chi connectivity index (χ4v) is 2.16. The van der Waals surface area contributed by atoms with Gasteiger partial charge in [0.25, 0.3) is 0 Å². The van der Waals surface area contributed by atoms with E-state index < -0.39 is 5.82 Å². The van der Waals surface area contributed by atoms with E-state index in [9.17, 15) is 4.39 Å². The fourth-order valence-electron chi connectivity index (χ4n) is 2.04. The number of hydrogen-bond acceptors (Lipinski definition) is 1. The van der Waals surface area contributed by atoms with Gasteiger partial charge in [0.15, 0.2) is 0 Å². The van der Waals surface area contributed by atoms with Crippen molar-refractivity contribution in [2.75, 3.05) is 0 Å². The van der Waals surface area contributed by atoms with Crippen LogP contribution >= 0.6 is 11.6 Å². The zero-order valence-corrected chi connectivity index (χ0v) is 11.6. The Labute approximate surface area is 118 Å². The maximum Gasteiger partial charge on any atom is 0.142 e. The molecule has 0 radical (unpaired) electrons. The predicted molar refractivity (Wildman–Crippen MR) is 77.9 cm³/mol. The minimum Gasteiger partial charge on any atom is -0.324 e. The Hall–Kier alpha value is -1.38. The summed E-state index contributed by atoms with van der Waals surface area (Å²) in [5, 5.41) is 0.143. The zero-order valence-electron chi connectivity index (χ0n) is 10.9. The first-order valence-corrected chi connectivity index (χ1v) is 6.76. The molecule has 0 spiro atoms. The van der Waals surface area contributed by atoms with Crippen molar-refractivity contribution in [1.82, 2.24) is 0 Å². The van der Waals surface area contributed by atoms with E-state index in [-0.39, 0.29) is 11.1 Å². The lowest BCUT2D eigenvalue weighted by Crippen LogP contribution is -2.13. The number of aryl methyl sites for hydroxylation is 1. The minimum atomic E-state index is -0.396. The van der Waals surface area contributed by atoms with E-state index in [1.165, 1.54) is 11.6 Å². The molecule has 0 bridgehead atoms. The largest absolute Gasteiger partial charge is 0.324 e. The maximum atomic E-state index is 13.4. The monoisotopic (exact) mass is 277 g/mol. The van der Waals surface area contributed by atoms with Crippen LogP contribution in [-0.4, -0.2) is 0 Å². The van der Waals surface area contributed by atoms with Gasteiger partial charge in [-0.1, -0.05) is 48.9 Å². The molecule has 0 aliphatic heterocycles. The molecule has 0 amide bonds. The number of benzene rings is 2. The van der Waals surface area contributed by atoms with Crippen molar-refractivity contribution < 1.29 is 4.39 Å². The highest BCUT2D eigenvalue weighted by molar-refractivity contribution is 6.30. The Morgan fingerprint density at radius 1 is 1.11 bits per heavy atom. The van der Waals surface area contributed by atoms with Gasteiger partial charge in [-0.15, -0.1) is 0 Å². The summed E-state index contributed by atoms with van der Waals surface area (Å²) in [6, 6.07) is 12.9. The molecule has 1 unspecified atom stereocenters. The van der Waals surface area contributed by atoms with Gasteiger partial charge in [0.2, 0.25) is 0 Å². The van der Waals surface area contributed by atoms with Gasteiger partial charge in [0.1, 0.15) is 5.82 Å². The van der Waals surface area contributed by atoms with Crippen molar-refractivity contribution in [1.29, 1.82) is 0 Å². The van der Waals surface area contributed by atoms with Gasteiger partial charge in [0.05, 0.1) is 5.02 Å². The Morgan fingerprint density at radius 2 is 1.74 bits per heavy atom. The van der Waals surface area contributed by atoms with Crippen LogP contribution in [0.3, 0.4) is 0 Å². The van der Waals surface area contributed by atoms with Gasteiger partial charge in [-0.25, -0.2) is 4.39 Å². The van der Waals surface area contributed by atoms with Crippen LogP contribution in [-0.2, 0) is 12.8 Å². The molecule has 0 aliphatic carbocycles. The van der Waals surface area contributed by atoms with Crippen LogP contribution in [0, 0.1) is 5.82 Å². The Bertz CT molecular complexity index is 551. The van der Waals surface area contributed by atoms with Crippen LogP contribution in [0.5, 0.6) is 0 Å². The molecule has 0 fully saturated rings. The number of hydrogen-bond donors (Lipinski definition) is 1. The second-order valence-electron chi connectivity index (χ2n) is 4.65. The molecule has 1 nitrogen and oxygen atoms in total. The number of halogens is 2. The molecule has 2 aromatic carbocycles. The quantitative estimate of drug-likeness (QED) is 0.887. The highest BCUT2D eigenvalue weighted by Crippen LogP contribution is 2.20. The van der Waals surface area contributed by atoms with Crippen molar-refractivity contribution >= 4 is 11.6 Å². The average molecular weight is 278 g/mol. The molecule has 1 atom stereocenters. The lowest BCUT2D eigenvalue weighted by atomic mass is 9.98. The SMILES string of the molecule is CCc1ccc(C(N)Cc2ccc(Cl)c(F)c2)cc1. The second-order valence-corrected chi connectivity index (χ2v) is 5.06. The lowest BCUT2D eigenvalue weighted by molar-refractivity contribution is 0.622. The third-order valence-electron chi connectivity index (χ3n) is 3.26. The number of nitrogens with two attached hydrogens (primary N) is 1. The molecule has 0 aromatic heterocycles. The maximum absolute atomic E-state index is 13.4. The van der Waals surface area contributed by atoms with E-state index in [2.05, 4.69) is 19.1 Å². The van der Waals surface area contributed by atoms with Gasteiger partial charge < -0.3 is 5.73 Å². The van der Waals surface area contributed by atoms with E-state index in [0.29, 0.717) is 6.42 Å². The highest BCUT2D eigenvalue weighted by atomic mass is 35.5. The molecule has 2 rings (SSSR count). The second kappa shape index (κ2) is 6.18. The van der Waals surface area contributed by atoms with Crippen molar-refractivity contribution in [3.63, 3.8) is 0 Å². The van der Waals surface area contributed by atoms with Gasteiger partial charge in [0, 0.05) is 6.04 Å². The van der Waals surface area contributed by atoms with Gasteiger partial charge in [-0.05, 0) is 41.7 Å². The van der Waals surface area contributed by atoms with Crippen LogP contribution < -0.4 is 5.73 Å². The smallest absolute Gasteiger partial charge is 0.142 e. The summed E-state index contributed by atoms with van der Waals surface area (Å²) in [5.74, 6) is -0.396. The van der Waals surface area contributed by atoms with Gasteiger partial charge in [-0.3, -0.25) is 0 Å². The van der Waals surface area contributed by atoms with Crippen LogP contribution in [0.4, 0.5) is 4.39 Å². The normalized spacial score (nSPS) is 12.4. The summed E-state index contributed by atoms with van der Waals surface area (Å²) < 4.78 is 13.4. The summed E-state index contributed by atoms with van der Waals surface area (Å²) in [7, 11) is 0. The van der Waals surface area contributed by atoms with Gasteiger partial charge >= 0.3 is 0 Å². The topological polar surface area (TPSA) is 26.0 Å². The van der Waals surface area contributed by atoms with E-state index in [4.69, 9.17) is 17.3 Å². The molecule has 0 heterocycles.